The molecule has 0 saturated heterocycles. The van der Waals surface area contributed by atoms with Gasteiger partial charge in [0.25, 0.3) is 5.91 Å². The molecule has 0 spiro atoms. The van der Waals surface area contributed by atoms with Gasteiger partial charge in [0.15, 0.2) is 0 Å². The van der Waals surface area contributed by atoms with Crippen LogP contribution in [0.25, 0.3) is 10.9 Å². The predicted octanol–water partition coefficient (Wildman–Crippen LogP) is 5.17. The molecule has 0 aliphatic rings. The lowest BCUT2D eigenvalue weighted by Crippen LogP contribution is -2.12. The molecule has 3 rings (SSSR count). The number of amides is 1. The second-order valence-electron chi connectivity index (χ2n) is 5.51. The van der Waals surface area contributed by atoms with Crippen molar-refractivity contribution in [2.45, 2.75) is 13.8 Å². The maximum Gasteiger partial charge on any atom is 0.257 e. The van der Waals surface area contributed by atoms with Gasteiger partial charge in [0.2, 0.25) is 5.91 Å². The van der Waals surface area contributed by atoms with Gasteiger partial charge >= 0.3 is 0 Å². The lowest BCUT2D eigenvalue weighted by atomic mass is 10.1. The maximum atomic E-state index is 12.6. The molecule has 0 aliphatic heterocycles. The average Bonchev–Trinajstić information content (AvgIpc) is 2.90. The van der Waals surface area contributed by atoms with Crippen molar-refractivity contribution in [1.29, 1.82) is 0 Å². The number of fused-ring (bicyclic) bond motifs is 1. The first-order chi connectivity index (χ1) is 11.4. The lowest BCUT2D eigenvalue weighted by molar-refractivity contribution is 0.0941. The molecule has 1 amide bonds. The normalized spacial score (nSPS) is 10.8. The molecule has 0 radical (unpaired) electrons. The highest BCUT2D eigenvalue weighted by molar-refractivity contribution is 6.32. The van der Waals surface area contributed by atoms with Crippen LogP contribution in [0, 0.1) is 6.92 Å². The number of halogens is 2. The average molecular weight is 361 g/mol. The molecule has 24 heavy (non-hydrogen) atoms. The number of carbonyl (C=O) groups is 2. The minimum atomic E-state index is -0.331. The van der Waals surface area contributed by atoms with Crippen molar-refractivity contribution in [3.05, 3.63) is 63.8 Å². The van der Waals surface area contributed by atoms with Crippen molar-refractivity contribution < 1.29 is 9.59 Å². The molecule has 1 heterocycles. The van der Waals surface area contributed by atoms with Crippen LogP contribution < -0.4 is 5.32 Å². The molecule has 0 bridgehead atoms. The third-order valence-electron chi connectivity index (χ3n) is 3.78. The molecular formula is C18H14Cl2N2O2. The van der Waals surface area contributed by atoms with Gasteiger partial charge in [0, 0.05) is 34.2 Å². The molecular weight excluding hydrogens is 347 g/mol. The minimum absolute atomic E-state index is 0.181. The molecule has 2 aromatic carbocycles. The number of rotatable bonds is 2. The van der Waals surface area contributed by atoms with E-state index < -0.39 is 0 Å². The molecule has 4 nitrogen and oxygen atoms in total. The van der Waals surface area contributed by atoms with Gasteiger partial charge in [-0.2, -0.15) is 0 Å². The molecule has 0 saturated carbocycles. The monoisotopic (exact) mass is 360 g/mol. The standard InChI is InChI=1S/C18H14Cl2N2O2/c1-10-3-5-13(8-16(10)20)21-18(24)15-9-22(11(2)23)17-6-4-12(19)7-14(15)17/h3-9H,1-2H3,(H,21,24). The quantitative estimate of drug-likeness (QED) is 0.685. The molecule has 0 unspecified atom stereocenters. The highest BCUT2D eigenvalue weighted by Gasteiger charge is 2.17. The zero-order chi connectivity index (χ0) is 17.4. The summed E-state index contributed by atoms with van der Waals surface area (Å²) in [4.78, 5) is 24.5. The highest BCUT2D eigenvalue weighted by atomic mass is 35.5. The van der Waals surface area contributed by atoms with Crippen molar-refractivity contribution >= 4 is 51.6 Å². The van der Waals surface area contributed by atoms with E-state index in [9.17, 15) is 9.59 Å². The van der Waals surface area contributed by atoms with E-state index in [2.05, 4.69) is 5.32 Å². The molecule has 0 fully saturated rings. The van der Waals surface area contributed by atoms with Crippen LogP contribution in [0.5, 0.6) is 0 Å². The van der Waals surface area contributed by atoms with Crippen molar-refractivity contribution in [2.75, 3.05) is 5.32 Å². The Kier molecular flexibility index (Phi) is 4.35. The van der Waals surface area contributed by atoms with Crippen molar-refractivity contribution in [1.82, 2.24) is 4.57 Å². The van der Waals surface area contributed by atoms with Gasteiger partial charge in [-0.05, 0) is 42.8 Å². The molecule has 1 aromatic heterocycles. The Morgan fingerprint density at radius 1 is 1.08 bits per heavy atom. The molecule has 0 atom stereocenters. The zero-order valence-corrected chi connectivity index (χ0v) is 14.6. The van der Waals surface area contributed by atoms with Gasteiger partial charge in [-0.1, -0.05) is 29.3 Å². The number of nitrogens with zero attached hydrogens (tertiary/aromatic N) is 1. The van der Waals surface area contributed by atoms with Crippen molar-refractivity contribution in [2.24, 2.45) is 0 Å². The van der Waals surface area contributed by atoms with Crippen LogP contribution in [0.2, 0.25) is 10.0 Å². The predicted molar refractivity (Wildman–Crippen MR) is 97.4 cm³/mol. The summed E-state index contributed by atoms with van der Waals surface area (Å²) in [5, 5.41) is 4.49. The third-order valence-corrected chi connectivity index (χ3v) is 4.42. The lowest BCUT2D eigenvalue weighted by Gasteiger charge is -2.06. The Labute approximate surface area is 149 Å². The Balaban J connectivity index is 2.04. The summed E-state index contributed by atoms with van der Waals surface area (Å²) < 4.78 is 1.43. The molecule has 0 aliphatic carbocycles. The van der Waals surface area contributed by atoms with E-state index in [-0.39, 0.29) is 11.8 Å². The van der Waals surface area contributed by atoms with E-state index in [1.807, 2.05) is 13.0 Å². The van der Waals surface area contributed by atoms with E-state index in [1.165, 1.54) is 17.7 Å². The van der Waals surface area contributed by atoms with E-state index in [0.717, 1.165) is 5.56 Å². The van der Waals surface area contributed by atoms with E-state index >= 15 is 0 Å². The summed E-state index contributed by atoms with van der Waals surface area (Å²) >= 11 is 12.1. The topological polar surface area (TPSA) is 51.1 Å². The molecule has 3 aromatic rings. The van der Waals surface area contributed by atoms with Crippen LogP contribution in [-0.2, 0) is 0 Å². The van der Waals surface area contributed by atoms with Gasteiger partial charge in [-0.25, -0.2) is 0 Å². The highest BCUT2D eigenvalue weighted by Crippen LogP contribution is 2.26. The van der Waals surface area contributed by atoms with Gasteiger partial charge in [-0.3, -0.25) is 14.2 Å². The zero-order valence-electron chi connectivity index (χ0n) is 13.1. The first kappa shape index (κ1) is 16.6. The van der Waals surface area contributed by atoms with Crippen LogP contribution in [0.1, 0.15) is 27.6 Å². The molecule has 6 heteroatoms. The first-order valence-electron chi connectivity index (χ1n) is 7.26. The number of aromatic nitrogens is 1. The Bertz CT molecular complexity index is 977. The summed E-state index contributed by atoms with van der Waals surface area (Å²) in [6, 6.07) is 10.4. The van der Waals surface area contributed by atoms with Crippen molar-refractivity contribution in [3.8, 4) is 0 Å². The van der Waals surface area contributed by atoms with Crippen LogP contribution in [0.3, 0.4) is 0 Å². The number of aryl methyl sites for hydroxylation is 1. The van der Waals surface area contributed by atoms with Crippen LogP contribution in [0.15, 0.2) is 42.6 Å². The van der Waals surface area contributed by atoms with Gasteiger partial charge in [0.1, 0.15) is 0 Å². The van der Waals surface area contributed by atoms with Gasteiger partial charge in [0.05, 0.1) is 11.1 Å². The summed E-state index contributed by atoms with van der Waals surface area (Å²) in [5.41, 5.74) is 2.52. The fraction of sp³-hybridized carbons (Fsp3) is 0.111. The maximum absolute atomic E-state index is 12.6. The van der Waals surface area contributed by atoms with E-state index in [1.54, 1.807) is 30.3 Å². The number of hydrogen-bond donors (Lipinski definition) is 1. The largest absolute Gasteiger partial charge is 0.322 e. The Morgan fingerprint density at radius 2 is 1.83 bits per heavy atom. The van der Waals surface area contributed by atoms with E-state index in [0.29, 0.717) is 32.2 Å². The number of carbonyl (C=O) groups excluding carboxylic acids is 2. The number of hydrogen-bond acceptors (Lipinski definition) is 2. The fourth-order valence-corrected chi connectivity index (χ4v) is 2.87. The fourth-order valence-electron chi connectivity index (χ4n) is 2.51. The van der Waals surface area contributed by atoms with E-state index in [4.69, 9.17) is 23.2 Å². The SMILES string of the molecule is CC(=O)n1cc(C(=O)Nc2ccc(C)c(Cl)c2)c2cc(Cl)ccc21. The van der Waals surface area contributed by atoms with Gasteiger partial charge in [-0.15, -0.1) is 0 Å². The van der Waals surface area contributed by atoms with Crippen LogP contribution in [0.4, 0.5) is 5.69 Å². The number of benzene rings is 2. The van der Waals surface area contributed by atoms with Crippen LogP contribution in [-0.4, -0.2) is 16.4 Å². The Hall–Kier alpha value is -2.30. The molecule has 122 valence electrons. The third kappa shape index (κ3) is 3.03. The number of anilines is 1. The Morgan fingerprint density at radius 3 is 2.50 bits per heavy atom. The second kappa shape index (κ2) is 6.30. The summed E-state index contributed by atoms with van der Waals surface area (Å²) in [6.45, 7) is 3.33. The smallest absolute Gasteiger partial charge is 0.257 e. The first-order valence-corrected chi connectivity index (χ1v) is 8.01. The second-order valence-corrected chi connectivity index (χ2v) is 6.35. The number of nitrogens with one attached hydrogen (secondary N) is 1. The van der Waals surface area contributed by atoms with Crippen molar-refractivity contribution in [3.63, 3.8) is 0 Å². The summed E-state index contributed by atoms with van der Waals surface area (Å²) in [5.74, 6) is -0.512. The molecule has 1 N–H and O–H groups in total. The summed E-state index contributed by atoms with van der Waals surface area (Å²) in [6.07, 6.45) is 1.52. The van der Waals surface area contributed by atoms with Crippen LogP contribution >= 0.6 is 23.2 Å². The van der Waals surface area contributed by atoms with Gasteiger partial charge < -0.3 is 5.32 Å². The summed E-state index contributed by atoms with van der Waals surface area (Å²) in [7, 11) is 0. The minimum Gasteiger partial charge on any atom is -0.322 e.